The number of furan rings is 2. The quantitative estimate of drug-likeness (QED) is 0.107. The molecule has 0 spiro atoms. The molecule has 24 heteroatoms. The molecular weight excluding hydrogens is 1210 g/mol. The van der Waals surface area contributed by atoms with Gasteiger partial charge in [-0.3, -0.25) is 0 Å². The van der Waals surface area contributed by atoms with Crippen molar-refractivity contribution in [2.24, 2.45) is 0 Å². The Morgan fingerprint density at radius 3 is 0.819 bits per heavy atom. The van der Waals surface area contributed by atoms with Crippen LogP contribution in [0.25, 0.3) is 91.1 Å². The van der Waals surface area contributed by atoms with E-state index in [4.69, 9.17) is 26.5 Å². The number of hydrogen-bond acceptors (Lipinski definition) is 10. The van der Waals surface area contributed by atoms with E-state index in [-0.39, 0.29) is 76.7 Å². The van der Waals surface area contributed by atoms with E-state index in [1.54, 1.807) is 24.3 Å². The molecule has 6 aromatic heterocycles. The van der Waals surface area contributed by atoms with Crippen LogP contribution in [0.15, 0.2) is 161 Å². The highest BCUT2D eigenvalue weighted by Crippen LogP contribution is 2.43. The monoisotopic (exact) mass is 1230 g/mol. The molecule has 10 nitrogen and oxygen atoms in total. The van der Waals surface area contributed by atoms with Crippen LogP contribution in [0.4, 0.5) is 52.7 Å². The van der Waals surface area contributed by atoms with E-state index < -0.39 is 47.0 Å². The fraction of sp³-hybridized carbons (Fsp3) is 0.0833. The van der Waals surface area contributed by atoms with Gasteiger partial charge >= 0.3 is 24.7 Å². The van der Waals surface area contributed by atoms with Crippen molar-refractivity contribution in [3.05, 3.63) is 164 Å². The number of hydrogen-bond donors (Lipinski definition) is 0. The summed E-state index contributed by atoms with van der Waals surface area (Å²) >= 11 is 3.67. The van der Waals surface area contributed by atoms with Gasteiger partial charge in [0, 0.05) is 67.4 Å². The lowest BCUT2D eigenvalue weighted by Gasteiger charge is -2.07. The molecule has 0 aliphatic heterocycles. The van der Waals surface area contributed by atoms with Gasteiger partial charge in [0.1, 0.15) is 22.8 Å². The summed E-state index contributed by atoms with van der Waals surface area (Å²) in [7, 11) is 0. The lowest BCUT2D eigenvalue weighted by Crippen LogP contribution is -2.04. The van der Waals surface area contributed by atoms with Crippen LogP contribution in [0.2, 0.25) is 0 Å². The molecule has 4 aromatic carbocycles. The molecule has 0 radical (unpaired) electrons. The maximum atomic E-state index is 12.9. The molecule has 0 amide bonds. The predicted octanol–water partition coefficient (Wildman–Crippen LogP) is 17.1. The largest absolute Gasteiger partial charge is 0.449 e. The van der Waals surface area contributed by atoms with Gasteiger partial charge in [0.15, 0.2) is 58.9 Å². The van der Waals surface area contributed by atoms with Crippen molar-refractivity contribution in [3.8, 4) is 91.1 Å². The minimum atomic E-state index is -4.48. The van der Waals surface area contributed by atoms with E-state index in [0.29, 0.717) is 22.3 Å². The van der Waals surface area contributed by atoms with Crippen molar-refractivity contribution in [3.63, 3.8) is 0 Å². The minimum absolute atomic E-state index is 0.173. The van der Waals surface area contributed by atoms with Crippen LogP contribution in [0.1, 0.15) is 22.3 Å². The normalized spacial score (nSPS) is 12.3. The molecule has 10 aromatic rings. The van der Waals surface area contributed by atoms with Crippen molar-refractivity contribution < 1.29 is 79.2 Å². The number of benzene rings is 4. The SMILES string of the molecule is FC(F)(F)c1ccc(-c2nc(I)oc2-c2ccc(-c3oc(I)nc3-c3ccc(C(F)(F)F)cc3)o2)cc1.FC(F)(F)c1ccc(-c2ncoc2-c2ccc(-c3ocnc3-c3ccc(C(F)(F)F)cc3)o2)cc1. The minimum Gasteiger partial charge on any atom is -0.449 e. The summed E-state index contributed by atoms with van der Waals surface area (Å²) in [5.74, 6) is 1.55. The molecule has 368 valence electrons. The van der Waals surface area contributed by atoms with E-state index in [0.717, 1.165) is 61.3 Å². The lowest BCUT2D eigenvalue weighted by molar-refractivity contribution is -0.138. The van der Waals surface area contributed by atoms with E-state index in [2.05, 4.69) is 19.9 Å². The second-order valence-corrected chi connectivity index (χ2v) is 16.8. The van der Waals surface area contributed by atoms with Crippen molar-refractivity contribution >= 4 is 45.2 Å². The number of rotatable bonds is 8. The van der Waals surface area contributed by atoms with Gasteiger partial charge in [-0.15, -0.1) is 0 Å². The molecular formula is C48H22F12I2N4O6. The van der Waals surface area contributed by atoms with Crippen LogP contribution in [0, 0.1) is 7.79 Å². The van der Waals surface area contributed by atoms with E-state index >= 15 is 0 Å². The molecule has 10 rings (SSSR count). The van der Waals surface area contributed by atoms with Gasteiger partial charge in [-0.25, -0.2) is 19.9 Å². The summed E-state index contributed by atoms with van der Waals surface area (Å²) < 4.78 is 189. The van der Waals surface area contributed by atoms with Crippen molar-refractivity contribution in [2.45, 2.75) is 24.7 Å². The molecule has 0 unspecified atom stereocenters. The maximum Gasteiger partial charge on any atom is 0.416 e. The van der Waals surface area contributed by atoms with E-state index in [9.17, 15) is 52.7 Å². The predicted molar refractivity (Wildman–Crippen MR) is 247 cm³/mol. The summed E-state index contributed by atoms with van der Waals surface area (Å²) in [6.45, 7) is 0. The van der Waals surface area contributed by atoms with Gasteiger partial charge in [-0.05, 0) is 72.8 Å². The molecule has 0 atom stereocenters. The standard InChI is InChI=1S/C24H10F6I2N2O3.C24H12F6N2O3/c25-23(26,27)13-5-1-11(2-6-13)17-19(36-21(31)33-17)15-9-10-16(35-15)20-18(34-22(32)37-20)12-3-7-14(8-4-12)24(28,29)30;25-23(26,27)15-5-1-13(2-6-15)19-21(33-11-31-19)17-9-10-18(35-17)22-20(32-12-34-22)14-3-7-16(8-4-14)24(28,29)30/h1-10H;1-12H. The number of halogens is 14. The molecule has 0 aliphatic carbocycles. The van der Waals surface area contributed by atoms with Crippen molar-refractivity contribution in [1.82, 2.24) is 19.9 Å². The summed E-state index contributed by atoms with van der Waals surface area (Å²) in [6.07, 6.45) is -15.6. The van der Waals surface area contributed by atoms with E-state index in [1.807, 2.05) is 45.2 Å². The Kier molecular flexibility index (Phi) is 13.3. The first-order valence-electron chi connectivity index (χ1n) is 20.1. The zero-order valence-electron chi connectivity index (χ0n) is 35.2. The van der Waals surface area contributed by atoms with Gasteiger partial charge in [0.25, 0.3) is 7.79 Å². The topological polar surface area (TPSA) is 130 Å². The van der Waals surface area contributed by atoms with Gasteiger partial charge in [0.05, 0.1) is 22.3 Å². The average molecular weight is 1230 g/mol. The fourth-order valence-corrected chi connectivity index (χ4v) is 7.92. The first-order valence-corrected chi connectivity index (χ1v) is 22.3. The fourth-order valence-electron chi connectivity index (χ4n) is 7.00. The molecule has 0 bridgehead atoms. The first kappa shape index (κ1) is 49.9. The zero-order valence-corrected chi connectivity index (χ0v) is 39.5. The van der Waals surface area contributed by atoms with Crippen LogP contribution in [-0.4, -0.2) is 19.9 Å². The smallest absolute Gasteiger partial charge is 0.416 e. The highest BCUT2D eigenvalue weighted by molar-refractivity contribution is 14.1. The molecule has 72 heavy (non-hydrogen) atoms. The number of aromatic nitrogens is 4. The molecule has 0 aliphatic rings. The molecule has 0 fully saturated rings. The van der Waals surface area contributed by atoms with Gasteiger partial charge < -0.3 is 26.5 Å². The summed E-state index contributed by atoms with van der Waals surface area (Å²) in [5.41, 5.74) is -0.600. The Hall–Kier alpha value is -7.10. The molecule has 0 saturated heterocycles. The first-order chi connectivity index (χ1) is 34.0. The Morgan fingerprint density at radius 2 is 0.556 bits per heavy atom. The van der Waals surface area contributed by atoms with Gasteiger partial charge in [0.2, 0.25) is 0 Å². The van der Waals surface area contributed by atoms with Crippen LogP contribution in [0.5, 0.6) is 0 Å². The van der Waals surface area contributed by atoms with E-state index in [1.165, 1.54) is 48.5 Å². The highest BCUT2D eigenvalue weighted by atomic mass is 127. The molecule has 0 N–H and O–H groups in total. The lowest BCUT2D eigenvalue weighted by atomic mass is 10.1. The van der Waals surface area contributed by atoms with Gasteiger partial charge in [-0.1, -0.05) is 48.5 Å². The van der Waals surface area contributed by atoms with Crippen LogP contribution in [0.3, 0.4) is 0 Å². The second kappa shape index (κ2) is 19.1. The molecule has 0 saturated carbocycles. The van der Waals surface area contributed by atoms with Gasteiger partial charge in [-0.2, -0.15) is 52.7 Å². The van der Waals surface area contributed by atoms with Crippen LogP contribution >= 0.6 is 45.2 Å². The second-order valence-electron chi connectivity index (χ2n) is 15.0. The third-order valence-electron chi connectivity index (χ3n) is 10.4. The van der Waals surface area contributed by atoms with Crippen molar-refractivity contribution in [2.75, 3.05) is 0 Å². The summed E-state index contributed by atoms with van der Waals surface area (Å²) in [6, 6.07) is 24.0. The van der Waals surface area contributed by atoms with Crippen LogP contribution < -0.4 is 0 Å². The Bertz CT molecular complexity index is 3260. The number of nitrogens with zero attached hydrogens (tertiary/aromatic N) is 4. The average Bonchev–Trinajstić information content (AvgIpc) is 4.20. The Labute approximate surface area is 422 Å². The Balaban J connectivity index is 0.000000178. The number of oxazole rings is 4. The maximum absolute atomic E-state index is 12.9. The zero-order chi connectivity index (χ0) is 51.3. The number of alkyl halides is 12. The third kappa shape index (κ3) is 10.6. The summed E-state index contributed by atoms with van der Waals surface area (Å²) in [4.78, 5) is 16.7. The summed E-state index contributed by atoms with van der Waals surface area (Å²) in [5, 5.41) is 0. The highest BCUT2D eigenvalue weighted by Gasteiger charge is 2.34. The van der Waals surface area contributed by atoms with Crippen molar-refractivity contribution in [1.29, 1.82) is 0 Å². The van der Waals surface area contributed by atoms with Crippen LogP contribution in [-0.2, 0) is 24.7 Å². The molecule has 6 heterocycles. The third-order valence-corrected chi connectivity index (χ3v) is 11.3. The Morgan fingerprint density at radius 1 is 0.306 bits per heavy atom.